The summed E-state index contributed by atoms with van der Waals surface area (Å²) in [6, 6.07) is -0.193. The first-order valence-electron chi connectivity index (χ1n) is 6.04. The second-order valence-corrected chi connectivity index (χ2v) is 5.48. The van der Waals surface area contributed by atoms with Crippen LogP contribution in [0.25, 0.3) is 0 Å². The van der Waals surface area contributed by atoms with Gasteiger partial charge in [0.2, 0.25) is 0 Å². The van der Waals surface area contributed by atoms with Crippen LogP contribution in [0.2, 0.25) is 0 Å². The molecule has 0 aromatic carbocycles. The molecule has 0 spiro atoms. The van der Waals surface area contributed by atoms with Crippen molar-refractivity contribution in [3.05, 3.63) is 0 Å². The fourth-order valence-electron chi connectivity index (χ4n) is 1.83. The van der Waals surface area contributed by atoms with Gasteiger partial charge >= 0.3 is 0 Å². The predicted octanol–water partition coefficient (Wildman–Crippen LogP) is 0.312. The highest BCUT2D eigenvalue weighted by atomic mass is 32.2. The molecular weight excluding hydrogens is 226 g/mol. The second kappa shape index (κ2) is 7.50. The lowest BCUT2D eigenvalue weighted by Crippen LogP contribution is -2.35. The zero-order valence-corrected chi connectivity index (χ0v) is 10.6. The molecule has 4 atom stereocenters. The van der Waals surface area contributed by atoms with E-state index in [2.05, 4.69) is 12.2 Å². The number of aliphatic hydroxyl groups is 3. The smallest absolute Gasteiger partial charge is 0.134 e. The number of unbranched alkanes of at least 4 members (excludes halogenated alkanes) is 3. The van der Waals surface area contributed by atoms with Gasteiger partial charge in [-0.3, -0.25) is 5.32 Å². The van der Waals surface area contributed by atoms with Gasteiger partial charge in [-0.15, -0.1) is 0 Å². The van der Waals surface area contributed by atoms with E-state index in [1.165, 1.54) is 25.7 Å². The van der Waals surface area contributed by atoms with Crippen LogP contribution in [0.1, 0.15) is 32.6 Å². The standard InChI is InChI=1S/C11H23NO3S/c1-2-3-4-5-6-16-7-8-9(13)10(14)11(15)12-8/h8-15H,2-7H2,1H3. The first-order valence-corrected chi connectivity index (χ1v) is 7.20. The molecule has 0 aliphatic carbocycles. The third kappa shape index (κ3) is 4.22. The van der Waals surface area contributed by atoms with Crippen molar-refractivity contribution >= 4 is 11.8 Å². The zero-order chi connectivity index (χ0) is 12.0. The van der Waals surface area contributed by atoms with Crippen LogP contribution in [0.3, 0.4) is 0 Å². The molecule has 4 unspecified atom stereocenters. The monoisotopic (exact) mass is 249 g/mol. The van der Waals surface area contributed by atoms with Crippen LogP contribution in [-0.2, 0) is 0 Å². The van der Waals surface area contributed by atoms with Crippen LogP contribution in [0.5, 0.6) is 0 Å². The number of nitrogens with one attached hydrogen (secondary N) is 1. The maximum atomic E-state index is 9.58. The van der Waals surface area contributed by atoms with Gasteiger partial charge in [0.25, 0.3) is 0 Å². The van der Waals surface area contributed by atoms with Crippen molar-refractivity contribution in [3.8, 4) is 0 Å². The highest BCUT2D eigenvalue weighted by molar-refractivity contribution is 7.99. The van der Waals surface area contributed by atoms with Gasteiger partial charge in [0.1, 0.15) is 12.3 Å². The minimum atomic E-state index is -1.05. The number of hydrogen-bond acceptors (Lipinski definition) is 5. The van der Waals surface area contributed by atoms with E-state index in [-0.39, 0.29) is 6.04 Å². The first-order chi connectivity index (χ1) is 7.66. The van der Waals surface area contributed by atoms with Crippen LogP contribution >= 0.6 is 11.8 Å². The van der Waals surface area contributed by atoms with Crippen molar-refractivity contribution in [1.29, 1.82) is 0 Å². The molecule has 16 heavy (non-hydrogen) atoms. The van der Waals surface area contributed by atoms with Gasteiger partial charge in [-0.05, 0) is 12.2 Å². The molecule has 1 aliphatic rings. The summed E-state index contributed by atoms with van der Waals surface area (Å²) in [5.41, 5.74) is 0. The van der Waals surface area contributed by atoms with Gasteiger partial charge in [-0.1, -0.05) is 26.2 Å². The summed E-state index contributed by atoms with van der Waals surface area (Å²) in [5.74, 6) is 1.82. The summed E-state index contributed by atoms with van der Waals surface area (Å²) in [7, 11) is 0. The quantitative estimate of drug-likeness (QED) is 0.489. The molecule has 5 heteroatoms. The Hall–Kier alpha value is 0.190. The van der Waals surface area contributed by atoms with Gasteiger partial charge in [0, 0.05) is 11.8 Å². The molecule has 0 radical (unpaired) electrons. The Bertz CT molecular complexity index is 194. The van der Waals surface area contributed by atoms with Crippen molar-refractivity contribution in [1.82, 2.24) is 5.32 Å². The molecule has 0 aromatic heterocycles. The molecule has 96 valence electrons. The van der Waals surface area contributed by atoms with Crippen LogP contribution in [0.15, 0.2) is 0 Å². The third-order valence-electron chi connectivity index (χ3n) is 2.91. The third-order valence-corrected chi connectivity index (χ3v) is 4.08. The Morgan fingerprint density at radius 2 is 1.81 bits per heavy atom. The number of aliphatic hydroxyl groups excluding tert-OH is 3. The number of hydrogen-bond donors (Lipinski definition) is 4. The van der Waals surface area contributed by atoms with E-state index in [9.17, 15) is 15.3 Å². The maximum absolute atomic E-state index is 9.58. The van der Waals surface area contributed by atoms with E-state index in [0.717, 1.165) is 11.5 Å². The largest absolute Gasteiger partial charge is 0.389 e. The molecule has 1 fully saturated rings. The second-order valence-electron chi connectivity index (χ2n) is 4.33. The van der Waals surface area contributed by atoms with Crippen molar-refractivity contribution in [3.63, 3.8) is 0 Å². The van der Waals surface area contributed by atoms with Gasteiger partial charge < -0.3 is 15.3 Å². The summed E-state index contributed by atoms with van der Waals surface area (Å²) in [5, 5.41) is 31.0. The SMILES string of the molecule is CCCCCCSCC1NC(O)C(O)C1O. The van der Waals surface area contributed by atoms with Gasteiger partial charge in [0.15, 0.2) is 0 Å². The normalized spacial score (nSPS) is 34.5. The molecule has 0 amide bonds. The molecule has 0 saturated carbocycles. The van der Waals surface area contributed by atoms with Gasteiger partial charge in [-0.25, -0.2) is 0 Å². The summed E-state index contributed by atoms with van der Waals surface area (Å²) in [6.07, 6.45) is 2.10. The minimum Gasteiger partial charge on any atom is -0.389 e. The summed E-state index contributed by atoms with van der Waals surface area (Å²) in [6.45, 7) is 2.19. The topological polar surface area (TPSA) is 72.7 Å². The molecule has 1 rings (SSSR count). The maximum Gasteiger partial charge on any atom is 0.134 e. The molecule has 0 aromatic rings. The van der Waals surface area contributed by atoms with Crippen LogP contribution in [-0.4, -0.2) is 51.3 Å². The molecule has 0 bridgehead atoms. The molecule has 1 heterocycles. The Morgan fingerprint density at radius 1 is 1.06 bits per heavy atom. The summed E-state index contributed by atoms with van der Waals surface area (Å²) >= 11 is 1.76. The molecule has 1 saturated heterocycles. The van der Waals surface area contributed by atoms with E-state index >= 15 is 0 Å². The van der Waals surface area contributed by atoms with E-state index < -0.39 is 18.4 Å². The average molecular weight is 249 g/mol. The van der Waals surface area contributed by atoms with Gasteiger partial charge in [0.05, 0.1) is 6.10 Å². The number of thioether (sulfide) groups is 1. The van der Waals surface area contributed by atoms with E-state index in [1.54, 1.807) is 11.8 Å². The highest BCUT2D eigenvalue weighted by Gasteiger charge is 2.39. The molecule has 4 nitrogen and oxygen atoms in total. The highest BCUT2D eigenvalue weighted by Crippen LogP contribution is 2.18. The minimum absolute atomic E-state index is 0.193. The Morgan fingerprint density at radius 3 is 2.38 bits per heavy atom. The van der Waals surface area contributed by atoms with Crippen LogP contribution in [0, 0.1) is 0 Å². The van der Waals surface area contributed by atoms with E-state index in [4.69, 9.17) is 0 Å². The summed E-state index contributed by atoms with van der Waals surface area (Å²) in [4.78, 5) is 0. The van der Waals surface area contributed by atoms with Crippen molar-refractivity contribution < 1.29 is 15.3 Å². The molecular formula is C11H23NO3S. The lowest BCUT2D eigenvalue weighted by atomic mass is 10.1. The lowest BCUT2D eigenvalue weighted by molar-refractivity contribution is -0.0232. The Labute approximate surface area is 101 Å². The van der Waals surface area contributed by atoms with Crippen LogP contribution < -0.4 is 5.32 Å². The fourth-order valence-corrected chi connectivity index (χ4v) is 2.95. The number of rotatable bonds is 7. The zero-order valence-electron chi connectivity index (χ0n) is 9.80. The predicted molar refractivity (Wildman–Crippen MR) is 66.4 cm³/mol. The lowest BCUT2D eigenvalue weighted by Gasteiger charge is -2.14. The summed E-state index contributed by atoms with van der Waals surface area (Å²) < 4.78 is 0. The first kappa shape index (κ1) is 14.3. The van der Waals surface area contributed by atoms with Crippen molar-refractivity contribution in [2.75, 3.05) is 11.5 Å². The van der Waals surface area contributed by atoms with Crippen molar-refractivity contribution in [2.24, 2.45) is 0 Å². The Balaban J connectivity index is 2.05. The molecule has 4 N–H and O–H groups in total. The fraction of sp³-hybridized carbons (Fsp3) is 1.00. The van der Waals surface area contributed by atoms with Crippen molar-refractivity contribution in [2.45, 2.75) is 57.1 Å². The van der Waals surface area contributed by atoms with Gasteiger partial charge in [-0.2, -0.15) is 11.8 Å². The van der Waals surface area contributed by atoms with Crippen LogP contribution in [0.4, 0.5) is 0 Å². The average Bonchev–Trinajstić information content (AvgIpc) is 2.51. The molecule has 1 aliphatic heterocycles. The van der Waals surface area contributed by atoms with E-state index in [0.29, 0.717) is 0 Å². The Kier molecular flexibility index (Phi) is 6.68. The van der Waals surface area contributed by atoms with E-state index in [1.807, 2.05) is 0 Å².